The SMILES string of the molecule is CCOC(=O)c1ccc(N2NC(=O)C(=Cc3ccc(Cl)c([N+](=O)[O-])c3)C2=O)cc1. The molecular weight excluding hydrogens is 402 g/mol. The molecule has 148 valence electrons. The van der Waals surface area contributed by atoms with Crippen LogP contribution in [0, 0.1) is 10.1 Å². The summed E-state index contributed by atoms with van der Waals surface area (Å²) in [6, 6.07) is 9.86. The number of nitrogens with one attached hydrogen (secondary N) is 1. The highest BCUT2D eigenvalue weighted by Crippen LogP contribution is 2.27. The van der Waals surface area contributed by atoms with Gasteiger partial charge in [0.05, 0.1) is 22.8 Å². The van der Waals surface area contributed by atoms with Gasteiger partial charge in [-0.25, -0.2) is 9.80 Å². The number of anilines is 1. The van der Waals surface area contributed by atoms with Gasteiger partial charge in [0.15, 0.2) is 0 Å². The van der Waals surface area contributed by atoms with Crippen LogP contribution in [0.1, 0.15) is 22.8 Å². The highest BCUT2D eigenvalue weighted by atomic mass is 35.5. The monoisotopic (exact) mass is 415 g/mol. The lowest BCUT2D eigenvalue weighted by molar-refractivity contribution is -0.384. The number of halogens is 1. The number of esters is 1. The Labute approximate surface area is 169 Å². The van der Waals surface area contributed by atoms with Gasteiger partial charge in [0.1, 0.15) is 10.6 Å². The van der Waals surface area contributed by atoms with Crippen molar-refractivity contribution < 1.29 is 24.0 Å². The molecule has 1 N–H and O–H groups in total. The maximum Gasteiger partial charge on any atom is 0.338 e. The van der Waals surface area contributed by atoms with Crippen molar-refractivity contribution in [1.29, 1.82) is 0 Å². The summed E-state index contributed by atoms with van der Waals surface area (Å²) in [7, 11) is 0. The molecule has 3 rings (SSSR count). The maximum absolute atomic E-state index is 12.7. The third-order valence-electron chi connectivity index (χ3n) is 4.01. The van der Waals surface area contributed by atoms with Crippen molar-refractivity contribution in [3.8, 4) is 0 Å². The van der Waals surface area contributed by atoms with Gasteiger partial charge in [-0.05, 0) is 48.9 Å². The van der Waals surface area contributed by atoms with Gasteiger partial charge in [0.25, 0.3) is 17.5 Å². The van der Waals surface area contributed by atoms with Crippen LogP contribution in [0.25, 0.3) is 6.08 Å². The lowest BCUT2D eigenvalue weighted by atomic mass is 10.1. The molecule has 1 aliphatic rings. The van der Waals surface area contributed by atoms with Crippen LogP contribution < -0.4 is 10.4 Å². The average molecular weight is 416 g/mol. The van der Waals surface area contributed by atoms with Gasteiger partial charge in [-0.3, -0.25) is 25.1 Å². The van der Waals surface area contributed by atoms with E-state index in [2.05, 4.69) is 5.43 Å². The zero-order chi connectivity index (χ0) is 21.1. The van der Waals surface area contributed by atoms with E-state index in [4.69, 9.17) is 16.3 Å². The van der Waals surface area contributed by atoms with E-state index in [9.17, 15) is 24.5 Å². The number of hydrogen-bond donors (Lipinski definition) is 1. The third-order valence-corrected chi connectivity index (χ3v) is 4.33. The van der Waals surface area contributed by atoms with E-state index >= 15 is 0 Å². The van der Waals surface area contributed by atoms with Crippen LogP contribution in [0.4, 0.5) is 11.4 Å². The fourth-order valence-electron chi connectivity index (χ4n) is 2.63. The minimum absolute atomic E-state index is 0.0531. The Morgan fingerprint density at radius 1 is 1.24 bits per heavy atom. The molecule has 29 heavy (non-hydrogen) atoms. The molecule has 0 unspecified atom stereocenters. The lowest BCUT2D eigenvalue weighted by Gasteiger charge is -2.14. The second kappa shape index (κ2) is 8.11. The summed E-state index contributed by atoms with van der Waals surface area (Å²) in [6.07, 6.45) is 1.24. The molecular formula is C19H14ClN3O6. The van der Waals surface area contributed by atoms with Gasteiger partial charge < -0.3 is 4.74 Å². The summed E-state index contributed by atoms with van der Waals surface area (Å²) in [5, 5.41) is 12.0. The zero-order valence-electron chi connectivity index (χ0n) is 15.0. The topological polar surface area (TPSA) is 119 Å². The molecule has 1 saturated heterocycles. The number of carbonyl (C=O) groups is 3. The van der Waals surface area contributed by atoms with Crippen LogP contribution >= 0.6 is 11.6 Å². The minimum Gasteiger partial charge on any atom is -0.462 e. The molecule has 10 heteroatoms. The molecule has 2 aromatic carbocycles. The number of nitro groups is 1. The number of hydrazine groups is 1. The van der Waals surface area contributed by atoms with Crippen LogP contribution in [0.15, 0.2) is 48.0 Å². The Balaban J connectivity index is 1.86. The quantitative estimate of drug-likeness (QED) is 0.263. The first-order valence-corrected chi connectivity index (χ1v) is 8.78. The lowest BCUT2D eigenvalue weighted by Crippen LogP contribution is -2.35. The fraction of sp³-hybridized carbons (Fsp3) is 0.105. The normalized spacial score (nSPS) is 14.8. The van der Waals surface area contributed by atoms with Crippen molar-refractivity contribution in [1.82, 2.24) is 5.43 Å². The third kappa shape index (κ3) is 4.09. The number of carbonyl (C=O) groups excluding carboxylic acids is 3. The summed E-state index contributed by atoms with van der Waals surface area (Å²) in [5.41, 5.74) is 2.80. The first-order valence-electron chi connectivity index (χ1n) is 8.40. The molecule has 0 saturated carbocycles. The number of hydrogen-bond acceptors (Lipinski definition) is 6. The van der Waals surface area contributed by atoms with E-state index in [1.807, 2.05) is 0 Å². The van der Waals surface area contributed by atoms with Crippen LogP contribution in [0.5, 0.6) is 0 Å². The van der Waals surface area contributed by atoms with Crippen molar-refractivity contribution in [3.05, 3.63) is 74.3 Å². The van der Waals surface area contributed by atoms with Crippen molar-refractivity contribution in [2.24, 2.45) is 0 Å². The molecule has 0 bridgehead atoms. The van der Waals surface area contributed by atoms with E-state index in [0.717, 1.165) is 5.01 Å². The highest BCUT2D eigenvalue weighted by Gasteiger charge is 2.34. The van der Waals surface area contributed by atoms with Crippen LogP contribution in [0.2, 0.25) is 5.02 Å². The summed E-state index contributed by atoms with van der Waals surface area (Å²) in [5.74, 6) is -1.81. The highest BCUT2D eigenvalue weighted by molar-refractivity contribution is 6.33. The van der Waals surface area contributed by atoms with Crippen molar-refractivity contribution in [3.63, 3.8) is 0 Å². The largest absolute Gasteiger partial charge is 0.462 e. The molecule has 1 heterocycles. The van der Waals surface area contributed by atoms with Crippen molar-refractivity contribution in [2.75, 3.05) is 11.6 Å². The van der Waals surface area contributed by atoms with Gasteiger partial charge in [0, 0.05) is 6.07 Å². The van der Waals surface area contributed by atoms with E-state index < -0.39 is 22.7 Å². The molecule has 0 atom stereocenters. The minimum atomic E-state index is -0.665. The molecule has 2 amide bonds. The molecule has 2 aromatic rings. The predicted molar refractivity (Wildman–Crippen MR) is 104 cm³/mol. The van der Waals surface area contributed by atoms with Crippen molar-refractivity contribution >= 4 is 46.8 Å². The first kappa shape index (κ1) is 20.0. The number of benzene rings is 2. The van der Waals surface area contributed by atoms with Gasteiger partial charge in [-0.1, -0.05) is 17.7 Å². The Bertz CT molecular complexity index is 1050. The van der Waals surface area contributed by atoms with Crippen LogP contribution in [-0.4, -0.2) is 29.3 Å². The van der Waals surface area contributed by atoms with E-state index in [-0.39, 0.29) is 28.5 Å². The van der Waals surface area contributed by atoms with Gasteiger partial charge in [-0.2, -0.15) is 0 Å². The number of nitrogens with zero attached hydrogens (tertiary/aromatic N) is 2. The maximum atomic E-state index is 12.7. The van der Waals surface area contributed by atoms with Gasteiger partial charge >= 0.3 is 5.97 Å². The summed E-state index contributed by atoms with van der Waals surface area (Å²) >= 11 is 5.77. The Morgan fingerprint density at radius 3 is 2.55 bits per heavy atom. The van der Waals surface area contributed by atoms with E-state index in [1.54, 1.807) is 6.92 Å². The summed E-state index contributed by atoms with van der Waals surface area (Å²) < 4.78 is 4.89. The Kier molecular flexibility index (Phi) is 5.60. The Morgan fingerprint density at radius 2 is 1.93 bits per heavy atom. The molecule has 0 aliphatic carbocycles. The van der Waals surface area contributed by atoms with E-state index in [1.165, 1.54) is 48.5 Å². The molecule has 0 spiro atoms. The smallest absolute Gasteiger partial charge is 0.338 e. The first-order chi connectivity index (χ1) is 13.8. The summed E-state index contributed by atoms with van der Waals surface area (Å²) in [4.78, 5) is 47.0. The number of amides is 2. The molecule has 9 nitrogen and oxygen atoms in total. The number of rotatable bonds is 5. The zero-order valence-corrected chi connectivity index (χ0v) is 15.8. The fourth-order valence-corrected chi connectivity index (χ4v) is 2.81. The molecule has 0 aromatic heterocycles. The number of ether oxygens (including phenoxy) is 1. The van der Waals surface area contributed by atoms with Gasteiger partial charge in [0.2, 0.25) is 0 Å². The summed E-state index contributed by atoms with van der Waals surface area (Å²) in [6.45, 7) is 1.92. The standard InChI is InChI=1S/C19H14ClN3O6/c1-2-29-19(26)12-4-6-13(7-5-12)22-18(25)14(17(24)21-22)9-11-3-8-15(20)16(10-11)23(27)28/h3-10H,2H2,1H3,(H,21,24). The second-order valence-electron chi connectivity index (χ2n) is 5.87. The molecule has 1 fully saturated rings. The van der Waals surface area contributed by atoms with Crippen LogP contribution in [0.3, 0.4) is 0 Å². The van der Waals surface area contributed by atoms with E-state index in [0.29, 0.717) is 11.3 Å². The Hall–Kier alpha value is -3.72. The predicted octanol–water partition coefficient (Wildman–Crippen LogP) is 2.89. The van der Waals surface area contributed by atoms with Crippen LogP contribution in [-0.2, 0) is 14.3 Å². The second-order valence-corrected chi connectivity index (χ2v) is 6.28. The van der Waals surface area contributed by atoms with Gasteiger partial charge in [-0.15, -0.1) is 0 Å². The number of nitro benzene ring substituents is 1. The molecule has 0 radical (unpaired) electrons. The average Bonchev–Trinajstić information content (AvgIpc) is 2.97. The van der Waals surface area contributed by atoms with Crippen molar-refractivity contribution in [2.45, 2.75) is 6.92 Å². The molecule has 1 aliphatic heterocycles.